The minimum Gasteiger partial charge on any atom is -0.383 e. The van der Waals surface area contributed by atoms with E-state index in [0.29, 0.717) is 18.1 Å². The lowest BCUT2D eigenvalue weighted by Gasteiger charge is -2.43. The molecule has 118 valence electrons. The smallest absolute Gasteiger partial charge is 0.153 e. The highest BCUT2D eigenvalue weighted by Crippen LogP contribution is 2.28. The molecule has 0 aromatic carbocycles. The van der Waals surface area contributed by atoms with Crippen LogP contribution in [0.4, 0.5) is 0 Å². The summed E-state index contributed by atoms with van der Waals surface area (Å²) < 4.78 is 29.3. The zero-order valence-electron chi connectivity index (χ0n) is 12.3. The van der Waals surface area contributed by atoms with Crippen LogP contribution in [-0.4, -0.2) is 75.2 Å². The molecule has 21 heavy (non-hydrogen) atoms. The maximum atomic E-state index is 12.1. The van der Waals surface area contributed by atoms with Crippen molar-refractivity contribution in [2.24, 2.45) is 0 Å². The number of hydrogen-bond acceptors (Lipinski definition) is 6. The Balaban J connectivity index is 1.74. The largest absolute Gasteiger partial charge is 0.383 e. The predicted molar refractivity (Wildman–Crippen MR) is 84.4 cm³/mol. The van der Waals surface area contributed by atoms with Gasteiger partial charge in [0.1, 0.15) is 0 Å². The number of hydrogen-bond donors (Lipinski definition) is 0. The van der Waals surface area contributed by atoms with Gasteiger partial charge in [0.05, 0.1) is 18.1 Å². The Hall–Kier alpha value is -0.470. The molecular weight excluding hydrogens is 308 g/mol. The van der Waals surface area contributed by atoms with Crippen LogP contribution in [-0.2, 0) is 21.1 Å². The Morgan fingerprint density at radius 2 is 2.00 bits per heavy atom. The zero-order valence-corrected chi connectivity index (χ0v) is 13.9. The van der Waals surface area contributed by atoms with Crippen molar-refractivity contribution >= 4 is 21.2 Å². The van der Waals surface area contributed by atoms with Crippen LogP contribution in [0.3, 0.4) is 0 Å². The first-order chi connectivity index (χ1) is 10.1. The number of sulfone groups is 1. The summed E-state index contributed by atoms with van der Waals surface area (Å²) in [6, 6.07) is 2.37. The monoisotopic (exact) mass is 330 g/mol. The van der Waals surface area contributed by atoms with Crippen LogP contribution in [0.2, 0.25) is 0 Å². The number of piperazine rings is 1. The molecule has 0 radical (unpaired) electrons. The SMILES string of the molecule is COCCN1CCN(Cc2ccsc2)[C@H]2CS(=O)(=O)C[C@H]21. The third kappa shape index (κ3) is 3.48. The van der Waals surface area contributed by atoms with Gasteiger partial charge in [-0.1, -0.05) is 0 Å². The first-order valence-electron chi connectivity index (χ1n) is 7.27. The van der Waals surface area contributed by atoms with Gasteiger partial charge in [0, 0.05) is 45.4 Å². The second kappa shape index (κ2) is 6.34. The van der Waals surface area contributed by atoms with E-state index in [4.69, 9.17) is 4.74 Å². The van der Waals surface area contributed by atoms with Crippen LogP contribution < -0.4 is 0 Å². The summed E-state index contributed by atoms with van der Waals surface area (Å²) in [5, 5.41) is 4.23. The first kappa shape index (κ1) is 15.4. The fourth-order valence-electron chi connectivity index (χ4n) is 3.40. The van der Waals surface area contributed by atoms with Gasteiger partial charge in [-0.2, -0.15) is 11.3 Å². The van der Waals surface area contributed by atoms with Gasteiger partial charge < -0.3 is 4.74 Å². The van der Waals surface area contributed by atoms with E-state index in [1.807, 2.05) is 0 Å². The van der Waals surface area contributed by atoms with Crippen molar-refractivity contribution in [3.05, 3.63) is 22.4 Å². The number of nitrogens with zero attached hydrogens (tertiary/aromatic N) is 2. The Bertz CT molecular complexity index is 559. The molecule has 2 aliphatic rings. The molecule has 0 aliphatic carbocycles. The third-order valence-electron chi connectivity index (χ3n) is 4.45. The Kier molecular flexibility index (Phi) is 4.66. The van der Waals surface area contributed by atoms with Crippen molar-refractivity contribution in [3.63, 3.8) is 0 Å². The van der Waals surface area contributed by atoms with E-state index in [1.54, 1.807) is 18.4 Å². The van der Waals surface area contributed by atoms with Gasteiger partial charge in [-0.3, -0.25) is 9.80 Å². The van der Waals surface area contributed by atoms with Crippen LogP contribution in [0, 0.1) is 0 Å². The van der Waals surface area contributed by atoms with E-state index in [1.165, 1.54) is 5.56 Å². The molecule has 7 heteroatoms. The van der Waals surface area contributed by atoms with E-state index >= 15 is 0 Å². The Morgan fingerprint density at radius 1 is 1.29 bits per heavy atom. The maximum Gasteiger partial charge on any atom is 0.153 e. The summed E-state index contributed by atoms with van der Waals surface area (Å²) in [7, 11) is -1.23. The van der Waals surface area contributed by atoms with Crippen LogP contribution in [0.25, 0.3) is 0 Å². The lowest BCUT2D eigenvalue weighted by Crippen LogP contribution is -2.59. The lowest BCUT2D eigenvalue weighted by molar-refractivity contribution is 0.0253. The molecule has 0 saturated carbocycles. The van der Waals surface area contributed by atoms with Crippen molar-refractivity contribution in [3.8, 4) is 0 Å². The molecule has 2 saturated heterocycles. The van der Waals surface area contributed by atoms with E-state index in [-0.39, 0.29) is 12.1 Å². The second-order valence-corrected chi connectivity index (χ2v) is 8.78. The zero-order chi connectivity index (χ0) is 14.9. The van der Waals surface area contributed by atoms with E-state index in [2.05, 4.69) is 26.6 Å². The summed E-state index contributed by atoms with van der Waals surface area (Å²) in [6.07, 6.45) is 0. The van der Waals surface area contributed by atoms with Crippen molar-refractivity contribution in [1.82, 2.24) is 9.80 Å². The molecule has 2 aliphatic heterocycles. The molecule has 5 nitrogen and oxygen atoms in total. The van der Waals surface area contributed by atoms with Gasteiger partial charge in [0.25, 0.3) is 0 Å². The number of ether oxygens (including phenoxy) is 1. The van der Waals surface area contributed by atoms with Gasteiger partial charge in [0.2, 0.25) is 0 Å². The topological polar surface area (TPSA) is 49.9 Å². The van der Waals surface area contributed by atoms with Gasteiger partial charge in [-0.25, -0.2) is 8.42 Å². The summed E-state index contributed by atoms with van der Waals surface area (Å²) in [4.78, 5) is 4.64. The van der Waals surface area contributed by atoms with Gasteiger partial charge in [0.15, 0.2) is 9.84 Å². The quantitative estimate of drug-likeness (QED) is 0.795. The summed E-state index contributed by atoms with van der Waals surface area (Å²) >= 11 is 1.69. The molecule has 0 unspecified atom stereocenters. The fourth-order valence-corrected chi connectivity index (χ4v) is 6.10. The highest BCUT2D eigenvalue weighted by Gasteiger charge is 2.46. The number of rotatable bonds is 5. The van der Waals surface area contributed by atoms with Gasteiger partial charge in [-0.05, 0) is 22.4 Å². The van der Waals surface area contributed by atoms with Gasteiger partial charge in [-0.15, -0.1) is 0 Å². The molecule has 2 fully saturated rings. The third-order valence-corrected chi connectivity index (χ3v) is 6.89. The number of thiophene rings is 1. The highest BCUT2D eigenvalue weighted by molar-refractivity contribution is 7.91. The molecule has 0 amide bonds. The van der Waals surface area contributed by atoms with Crippen molar-refractivity contribution in [2.75, 3.05) is 44.9 Å². The van der Waals surface area contributed by atoms with Crippen molar-refractivity contribution in [2.45, 2.75) is 18.6 Å². The molecule has 2 atom stereocenters. The number of methoxy groups -OCH3 is 1. The molecule has 3 heterocycles. The van der Waals surface area contributed by atoms with E-state index < -0.39 is 9.84 Å². The molecule has 1 aromatic heterocycles. The fraction of sp³-hybridized carbons (Fsp3) is 0.714. The normalized spacial score (nSPS) is 29.6. The predicted octanol–water partition coefficient (Wildman–Crippen LogP) is 0.678. The molecular formula is C14H22N2O3S2. The minimum absolute atomic E-state index is 0.123. The summed E-state index contributed by atoms with van der Waals surface area (Å²) in [6.45, 7) is 4.19. The molecule has 1 aromatic rings. The highest BCUT2D eigenvalue weighted by atomic mass is 32.2. The van der Waals surface area contributed by atoms with Crippen LogP contribution in [0.5, 0.6) is 0 Å². The maximum absolute atomic E-state index is 12.1. The molecule has 0 bridgehead atoms. The average Bonchev–Trinajstić information content (AvgIpc) is 3.04. The van der Waals surface area contributed by atoms with Crippen molar-refractivity contribution < 1.29 is 13.2 Å². The second-order valence-electron chi connectivity index (χ2n) is 5.84. The van der Waals surface area contributed by atoms with Crippen LogP contribution in [0.1, 0.15) is 5.56 Å². The number of fused-ring (bicyclic) bond motifs is 1. The summed E-state index contributed by atoms with van der Waals surface area (Å²) in [5.41, 5.74) is 1.29. The lowest BCUT2D eigenvalue weighted by atomic mass is 10.0. The molecule has 3 rings (SSSR count). The van der Waals surface area contributed by atoms with Crippen molar-refractivity contribution in [1.29, 1.82) is 0 Å². The summed E-state index contributed by atoms with van der Waals surface area (Å²) in [5.74, 6) is 0.590. The minimum atomic E-state index is -2.92. The first-order valence-corrected chi connectivity index (χ1v) is 10.0. The Morgan fingerprint density at radius 3 is 2.67 bits per heavy atom. The molecule has 0 N–H and O–H groups in total. The molecule has 0 spiro atoms. The average molecular weight is 330 g/mol. The van der Waals surface area contributed by atoms with Crippen LogP contribution in [0.15, 0.2) is 16.8 Å². The Labute approximate surface area is 130 Å². The van der Waals surface area contributed by atoms with E-state index in [9.17, 15) is 8.42 Å². The van der Waals surface area contributed by atoms with E-state index in [0.717, 1.165) is 26.2 Å². The standard InChI is InChI=1S/C14H22N2O3S2/c1-19-6-5-15-3-4-16(8-12-2-7-20-9-12)14-11-21(17,18)10-13(14)15/h2,7,9,13-14H,3-6,8,10-11H2,1H3/t13-,14+/m1/s1. The van der Waals surface area contributed by atoms with Gasteiger partial charge >= 0.3 is 0 Å². The van der Waals surface area contributed by atoms with Crippen LogP contribution >= 0.6 is 11.3 Å².